The molecule has 3 atom stereocenters. The number of aliphatic carboxylic acids is 1. The molecule has 1 aliphatic heterocycles. The van der Waals surface area contributed by atoms with Crippen LogP contribution >= 0.6 is 0 Å². The standard InChI is InChI=1S/C11H19N3O5/c1-6(15)9(12)11(19)14-4-2-3-7(14)10(18)13-5-8(16)17/h6-7,9,15H,2-5,12H2,1H3,(H,13,18)(H,16,17). The molecule has 1 aliphatic rings. The first-order chi connectivity index (χ1) is 8.84. The molecule has 8 nitrogen and oxygen atoms in total. The fourth-order valence-electron chi connectivity index (χ4n) is 1.98. The maximum absolute atomic E-state index is 12.0. The largest absolute Gasteiger partial charge is 0.480 e. The zero-order chi connectivity index (χ0) is 14.6. The third kappa shape index (κ3) is 3.90. The Morgan fingerprint density at radius 2 is 2.11 bits per heavy atom. The molecular formula is C11H19N3O5. The molecule has 1 saturated heterocycles. The van der Waals surface area contributed by atoms with Crippen molar-refractivity contribution in [1.82, 2.24) is 10.2 Å². The van der Waals surface area contributed by atoms with Crippen molar-refractivity contribution < 1.29 is 24.6 Å². The molecule has 1 rings (SSSR count). The van der Waals surface area contributed by atoms with E-state index in [1.54, 1.807) is 0 Å². The topological polar surface area (TPSA) is 133 Å². The molecule has 2 amide bonds. The summed E-state index contributed by atoms with van der Waals surface area (Å²) in [6.45, 7) is 1.29. The van der Waals surface area contributed by atoms with Crippen LogP contribution in [0.1, 0.15) is 19.8 Å². The predicted molar refractivity (Wildman–Crippen MR) is 65.0 cm³/mol. The molecule has 0 aromatic rings. The lowest BCUT2D eigenvalue weighted by atomic mass is 10.1. The molecule has 3 unspecified atom stereocenters. The van der Waals surface area contributed by atoms with Gasteiger partial charge >= 0.3 is 5.97 Å². The summed E-state index contributed by atoms with van der Waals surface area (Å²) in [5.41, 5.74) is 5.56. The monoisotopic (exact) mass is 273 g/mol. The summed E-state index contributed by atoms with van der Waals surface area (Å²) in [6, 6.07) is -1.79. The van der Waals surface area contributed by atoms with Gasteiger partial charge in [0, 0.05) is 6.54 Å². The van der Waals surface area contributed by atoms with E-state index in [0.29, 0.717) is 19.4 Å². The maximum Gasteiger partial charge on any atom is 0.322 e. The predicted octanol–water partition coefficient (Wildman–Crippen LogP) is -2.11. The van der Waals surface area contributed by atoms with Crippen molar-refractivity contribution in [3.63, 3.8) is 0 Å². The maximum atomic E-state index is 12.0. The van der Waals surface area contributed by atoms with Gasteiger partial charge in [0.25, 0.3) is 0 Å². The van der Waals surface area contributed by atoms with Crippen molar-refractivity contribution >= 4 is 17.8 Å². The van der Waals surface area contributed by atoms with Gasteiger partial charge in [-0.15, -0.1) is 0 Å². The molecule has 0 aliphatic carbocycles. The van der Waals surface area contributed by atoms with E-state index in [9.17, 15) is 19.5 Å². The fourth-order valence-corrected chi connectivity index (χ4v) is 1.98. The molecule has 0 radical (unpaired) electrons. The molecule has 5 N–H and O–H groups in total. The van der Waals surface area contributed by atoms with Crippen LogP contribution in [-0.4, -0.2) is 64.2 Å². The van der Waals surface area contributed by atoms with Crippen LogP contribution in [0, 0.1) is 0 Å². The van der Waals surface area contributed by atoms with Gasteiger partial charge in [0.2, 0.25) is 11.8 Å². The first kappa shape index (κ1) is 15.4. The van der Waals surface area contributed by atoms with Crippen LogP contribution in [0.4, 0.5) is 0 Å². The molecule has 8 heteroatoms. The van der Waals surface area contributed by atoms with E-state index < -0.39 is 42.5 Å². The lowest BCUT2D eigenvalue weighted by molar-refractivity contribution is -0.142. The number of aliphatic hydroxyl groups excluding tert-OH is 1. The number of nitrogens with one attached hydrogen (secondary N) is 1. The zero-order valence-corrected chi connectivity index (χ0v) is 10.7. The summed E-state index contributed by atoms with van der Waals surface area (Å²) in [7, 11) is 0. The highest BCUT2D eigenvalue weighted by molar-refractivity contribution is 5.91. The van der Waals surface area contributed by atoms with E-state index in [1.165, 1.54) is 11.8 Å². The third-order valence-electron chi connectivity index (χ3n) is 3.06. The molecule has 0 saturated carbocycles. The number of hydrogen-bond acceptors (Lipinski definition) is 5. The van der Waals surface area contributed by atoms with Crippen molar-refractivity contribution in [2.75, 3.05) is 13.1 Å². The number of rotatable bonds is 5. The van der Waals surface area contributed by atoms with Gasteiger partial charge in [0.15, 0.2) is 0 Å². The second kappa shape index (κ2) is 6.48. The first-order valence-electron chi connectivity index (χ1n) is 6.08. The molecule has 1 fully saturated rings. The normalized spacial score (nSPS) is 21.8. The lowest BCUT2D eigenvalue weighted by Crippen LogP contribution is -2.54. The summed E-state index contributed by atoms with van der Waals surface area (Å²) >= 11 is 0. The number of nitrogens with zero attached hydrogens (tertiary/aromatic N) is 1. The van der Waals surface area contributed by atoms with E-state index in [2.05, 4.69) is 5.32 Å². The number of amides is 2. The Balaban J connectivity index is 2.65. The van der Waals surface area contributed by atoms with Gasteiger partial charge in [-0.3, -0.25) is 14.4 Å². The highest BCUT2D eigenvalue weighted by Crippen LogP contribution is 2.18. The Bertz CT molecular complexity index is 371. The number of nitrogens with two attached hydrogens (primary N) is 1. The minimum absolute atomic E-state index is 0.379. The molecule has 0 spiro atoms. The van der Waals surface area contributed by atoms with Crippen LogP contribution in [0.25, 0.3) is 0 Å². The number of carboxylic acids is 1. The minimum Gasteiger partial charge on any atom is -0.480 e. The molecule has 0 aromatic carbocycles. The van der Waals surface area contributed by atoms with Crippen LogP contribution in [0.5, 0.6) is 0 Å². The number of carbonyl (C=O) groups is 3. The Morgan fingerprint density at radius 3 is 2.63 bits per heavy atom. The van der Waals surface area contributed by atoms with Crippen molar-refractivity contribution in [1.29, 1.82) is 0 Å². The van der Waals surface area contributed by atoms with Gasteiger partial charge in [-0.25, -0.2) is 0 Å². The number of aliphatic hydroxyl groups is 1. The second-order valence-corrected chi connectivity index (χ2v) is 4.57. The van der Waals surface area contributed by atoms with E-state index >= 15 is 0 Å². The number of hydrogen-bond donors (Lipinski definition) is 4. The number of likely N-dealkylation sites (tertiary alicyclic amines) is 1. The van der Waals surface area contributed by atoms with Gasteiger partial charge in [0.05, 0.1) is 6.10 Å². The average molecular weight is 273 g/mol. The molecule has 1 heterocycles. The second-order valence-electron chi connectivity index (χ2n) is 4.57. The Labute approximate surface area is 110 Å². The van der Waals surface area contributed by atoms with Crippen LogP contribution in [0.15, 0.2) is 0 Å². The first-order valence-corrected chi connectivity index (χ1v) is 6.08. The SMILES string of the molecule is CC(O)C(N)C(=O)N1CCCC1C(=O)NCC(=O)O. The molecular weight excluding hydrogens is 254 g/mol. The Kier molecular flexibility index (Phi) is 5.25. The van der Waals surface area contributed by atoms with Crippen molar-refractivity contribution in [3.05, 3.63) is 0 Å². The quantitative estimate of drug-likeness (QED) is 0.453. The van der Waals surface area contributed by atoms with Gasteiger partial charge in [-0.05, 0) is 19.8 Å². The van der Waals surface area contributed by atoms with Crippen molar-refractivity contribution in [3.8, 4) is 0 Å². The van der Waals surface area contributed by atoms with Crippen LogP contribution in [0.3, 0.4) is 0 Å². The molecule has 0 bridgehead atoms. The summed E-state index contributed by atoms with van der Waals surface area (Å²) in [5, 5.41) is 20.0. The van der Waals surface area contributed by atoms with Gasteiger partial charge in [0.1, 0.15) is 18.6 Å². The summed E-state index contributed by atoms with van der Waals surface area (Å²) in [5.74, 6) is -2.15. The lowest BCUT2D eigenvalue weighted by Gasteiger charge is -2.27. The van der Waals surface area contributed by atoms with Crippen LogP contribution in [-0.2, 0) is 14.4 Å². The Morgan fingerprint density at radius 1 is 1.47 bits per heavy atom. The fraction of sp³-hybridized carbons (Fsp3) is 0.727. The van der Waals surface area contributed by atoms with E-state index in [4.69, 9.17) is 10.8 Å². The Hall–Kier alpha value is -1.67. The smallest absolute Gasteiger partial charge is 0.322 e. The number of carboxylic acid groups (broad SMARTS) is 1. The third-order valence-corrected chi connectivity index (χ3v) is 3.06. The summed E-state index contributed by atoms with van der Waals surface area (Å²) < 4.78 is 0. The average Bonchev–Trinajstić information content (AvgIpc) is 2.82. The minimum atomic E-state index is -1.15. The highest BCUT2D eigenvalue weighted by Gasteiger charge is 2.37. The summed E-state index contributed by atoms with van der Waals surface area (Å²) in [6.07, 6.45) is 0.100. The van der Waals surface area contributed by atoms with Gasteiger partial charge < -0.3 is 26.2 Å². The van der Waals surface area contributed by atoms with Crippen molar-refractivity contribution in [2.24, 2.45) is 5.73 Å². The van der Waals surface area contributed by atoms with E-state index in [0.717, 1.165) is 0 Å². The highest BCUT2D eigenvalue weighted by atomic mass is 16.4. The molecule has 19 heavy (non-hydrogen) atoms. The van der Waals surface area contributed by atoms with Crippen LogP contribution in [0.2, 0.25) is 0 Å². The zero-order valence-electron chi connectivity index (χ0n) is 10.7. The van der Waals surface area contributed by atoms with Gasteiger partial charge in [-0.1, -0.05) is 0 Å². The van der Waals surface area contributed by atoms with E-state index in [1.807, 2.05) is 0 Å². The molecule has 0 aromatic heterocycles. The van der Waals surface area contributed by atoms with Gasteiger partial charge in [-0.2, -0.15) is 0 Å². The van der Waals surface area contributed by atoms with Crippen molar-refractivity contribution in [2.45, 2.75) is 38.0 Å². The summed E-state index contributed by atoms with van der Waals surface area (Å²) in [4.78, 5) is 35.5. The molecule has 108 valence electrons. The van der Waals surface area contributed by atoms with Crippen LogP contribution < -0.4 is 11.1 Å². The van der Waals surface area contributed by atoms with E-state index in [-0.39, 0.29) is 0 Å². The number of carbonyl (C=O) groups excluding carboxylic acids is 2.